The third kappa shape index (κ3) is 5.92. The zero-order valence-corrected chi connectivity index (χ0v) is 16.4. The standard InChI is InChI=1S/C20H25F4NOSi/c1-5-27(6-2,7-3)17-13-10-12-16(15-17)11-8-9-14-25(4)19(26)18(21)20(22,23)24/h5-7,10,12-13,15,18H,1-3,8-9,11,14H2,4H3. The van der Waals surface area contributed by atoms with Gasteiger partial charge in [0.25, 0.3) is 12.1 Å². The van der Waals surface area contributed by atoms with Crippen LogP contribution >= 0.6 is 0 Å². The van der Waals surface area contributed by atoms with E-state index in [0.29, 0.717) is 19.3 Å². The van der Waals surface area contributed by atoms with Crippen LogP contribution in [0.2, 0.25) is 0 Å². The fourth-order valence-corrected chi connectivity index (χ4v) is 4.75. The van der Waals surface area contributed by atoms with Gasteiger partial charge >= 0.3 is 6.18 Å². The molecule has 7 heteroatoms. The van der Waals surface area contributed by atoms with Crippen LogP contribution in [0.1, 0.15) is 18.4 Å². The van der Waals surface area contributed by atoms with Crippen LogP contribution in [0.3, 0.4) is 0 Å². The van der Waals surface area contributed by atoms with Crippen molar-refractivity contribution in [3.05, 3.63) is 66.7 Å². The van der Waals surface area contributed by atoms with Crippen molar-refractivity contribution in [2.75, 3.05) is 13.6 Å². The van der Waals surface area contributed by atoms with Crippen molar-refractivity contribution in [1.82, 2.24) is 4.90 Å². The largest absolute Gasteiger partial charge is 0.428 e. The van der Waals surface area contributed by atoms with Gasteiger partial charge < -0.3 is 4.90 Å². The average Bonchev–Trinajstić information content (AvgIpc) is 2.65. The van der Waals surface area contributed by atoms with Gasteiger partial charge in [0.2, 0.25) is 0 Å². The van der Waals surface area contributed by atoms with Gasteiger partial charge in [-0.2, -0.15) is 13.2 Å². The minimum Gasteiger partial charge on any atom is -0.343 e. The van der Waals surface area contributed by atoms with E-state index in [-0.39, 0.29) is 6.54 Å². The maximum absolute atomic E-state index is 13.0. The molecule has 1 atom stereocenters. The van der Waals surface area contributed by atoms with Gasteiger partial charge in [0, 0.05) is 13.6 Å². The lowest BCUT2D eigenvalue weighted by Gasteiger charge is -2.21. The molecule has 1 rings (SSSR count). The monoisotopic (exact) mass is 399 g/mol. The lowest BCUT2D eigenvalue weighted by atomic mass is 10.1. The van der Waals surface area contributed by atoms with Crippen molar-refractivity contribution in [1.29, 1.82) is 0 Å². The molecule has 1 aromatic carbocycles. The van der Waals surface area contributed by atoms with Crippen molar-refractivity contribution in [3.8, 4) is 0 Å². The summed E-state index contributed by atoms with van der Waals surface area (Å²) in [6.45, 7) is 11.8. The second kappa shape index (κ2) is 9.69. The Kier molecular flexibility index (Phi) is 8.21. The van der Waals surface area contributed by atoms with Crippen LogP contribution < -0.4 is 5.19 Å². The predicted octanol–water partition coefficient (Wildman–Crippen LogP) is 4.20. The minimum absolute atomic E-state index is 0.0691. The minimum atomic E-state index is -5.16. The molecule has 1 aromatic rings. The fraction of sp³-hybridized carbons (Fsp3) is 0.350. The molecule has 0 aromatic heterocycles. The van der Waals surface area contributed by atoms with Gasteiger partial charge in [-0.1, -0.05) is 41.4 Å². The van der Waals surface area contributed by atoms with Crippen molar-refractivity contribution in [3.63, 3.8) is 0 Å². The molecule has 1 amide bonds. The summed E-state index contributed by atoms with van der Waals surface area (Å²) in [6, 6.07) is 7.97. The van der Waals surface area contributed by atoms with Gasteiger partial charge in [-0.3, -0.25) is 4.79 Å². The number of hydrogen-bond acceptors (Lipinski definition) is 1. The third-order valence-electron chi connectivity index (χ3n) is 4.53. The molecule has 0 saturated carbocycles. The molecule has 1 unspecified atom stereocenters. The predicted molar refractivity (Wildman–Crippen MR) is 104 cm³/mol. The maximum atomic E-state index is 13.0. The van der Waals surface area contributed by atoms with Gasteiger partial charge in [0.1, 0.15) is 0 Å². The fourth-order valence-electron chi connectivity index (χ4n) is 2.72. The summed E-state index contributed by atoms with van der Waals surface area (Å²) < 4.78 is 49.8. The topological polar surface area (TPSA) is 20.3 Å². The number of carbonyl (C=O) groups is 1. The summed E-state index contributed by atoms with van der Waals surface area (Å²) in [4.78, 5) is 12.2. The van der Waals surface area contributed by atoms with Crippen LogP contribution in [-0.4, -0.2) is 44.8 Å². The molecule has 2 nitrogen and oxygen atoms in total. The van der Waals surface area contributed by atoms with E-state index in [1.54, 1.807) is 0 Å². The number of alkyl halides is 4. The highest BCUT2D eigenvalue weighted by atomic mass is 28.3. The molecule has 0 aliphatic heterocycles. The summed E-state index contributed by atoms with van der Waals surface area (Å²) in [5.41, 5.74) is 6.74. The Balaban J connectivity index is 2.62. The first-order chi connectivity index (χ1) is 12.6. The molecule has 0 fully saturated rings. The zero-order valence-electron chi connectivity index (χ0n) is 15.4. The number of amides is 1. The highest BCUT2D eigenvalue weighted by molar-refractivity contribution is 7.03. The number of benzene rings is 1. The number of nitrogens with zero attached hydrogens (tertiary/aromatic N) is 1. The van der Waals surface area contributed by atoms with E-state index >= 15 is 0 Å². The van der Waals surface area contributed by atoms with Gasteiger partial charge in [0.05, 0.1) is 0 Å². The summed E-state index contributed by atoms with van der Waals surface area (Å²) in [6.07, 6.45) is -6.79. The van der Waals surface area contributed by atoms with Crippen LogP contribution in [0.15, 0.2) is 61.1 Å². The van der Waals surface area contributed by atoms with Crippen molar-refractivity contribution in [2.24, 2.45) is 0 Å². The van der Waals surface area contributed by atoms with Crippen LogP contribution in [0.4, 0.5) is 17.6 Å². The van der Waals surface area contributed by atoms with Crippen LogP contribution in [0.25, 0.3) is 0 Å². The maximum Gasteiger partial charge on any atom is 0.428 e. The first-order valence-electron chi connectivity index (χ1n) is 8.57. The van der Waals surface area contributed by atoms with E-state index in [0.717, 1.165) is 15.7 Å². The number of aryl methyl sites for hydroxylation is 1. The number of unbranched alkanes of at least 4 members (excludes halogenated alkanes) is 1. The summed E-state index contributed by atoms with van der Waals surface area (Å²) >= 11 is 0. The summed E-state index contributed by atoms with van der Waals surface area (Å²) in [5.74, 6) is -1.55. The van der Waals surface area contributed by atoms with Crippen molar-refractivity contribution >= 4 is 19.2 Å². The molecule has 148 valence electrons. The second-order valence-electron chi connectivity index (χ2n) is 6.37. The Morgan fingerprint density at radius 2 is 1.78 bits per heavy atom. The van der Waals surface area contributed by atoms with Crippen molar-refractivity contribution in [2.45, 2.75) is 31.6 Å². The van der Waals surface area contributed by atoms with E-state index in [4.69, 9.17) is 0 Å². The molecule has 0 saturated heterocycles. The smallest absolute Gasteiger partial charge is 0.343 e. The van der Waals surface area contributed by atoms with E-state index in [1.807, 2.05) is 35.3 Å². The zero-order chi connectivity index (χ0) is 20.7. The van der Waals surface area contributed by atoms with Crippen molar-refractivity contribution < 1.29 is 22.4 Å². The van der Waals surface area contributed by atoms with Gasteiger partial charge in [-0.15, -0.1) is 19.7 Å². The Hall–Kier alpha value is -2.15. The van der Waals surface area contributed by atoms with Gasteiger partial charge in [0.15, 0.2) is 8.07 Å². The molecule has 27 heavy (non-hydrogen) atoms. The highest BCUT2D eigenvalue weighted by Gasteiger charge is 2.46. The normalized spacial score (nSPS) is 12.9. The Morgan fingerprint density at radius 1 is 1.19 bits per heavy atom. The number of halogens is 4. The molecular weight excluding hydrogens is 374 g/mol. The molecule has 0 radical (unpaired) electrons. The molecular formula is C20H25F4NOSi. The highest BCUT2D eigenvalue weighted by Crippen LogP contribution is 2.24. The lowest BCUT2D eigenvalue weighted by Crippen LogP contribution is -2.42. The Labute approximate surface area is 158 Å². The molecule has 0 heterocycles. The number of rotatable bonds is 10. The van der Waals surface area contributed by atoms with Crippen LogP contribution in [0.5, 0.6) is 0 Å². The first-order valence-corrected chi connectivity index (χ1v) is 10.8. The first kappa shape index (κ1) is 22.9. The van der Waals surface area contributed by atoms with Gasteiger partial charge in [-0.25, -0.2) is 4.39 Å². The third-order valence-corrected chi connectivity index (χ3v) is 7.87. The molecule has 0 aliphatic carbocycles. The summed E-state index contributed by atoms with van der Waals surface area (Å²) in [7, 11) is -0.965. The molecule has 0 N–H and O–H groups in total. The van der Waals surface area contributed by atoms with Gasteiger partial charge in [-0.05, 0) is 30.0 Å². The van der Waals surface area contributed by atoms with E-state index < -0.39 is 26.3 Å². The average molecular weight is 400 g/mol. The Morgan fingerprint density at radius 3 is 2.30 bits per heavy atom. The van der Waals surface area contributed by atoms with Crippen LogP contribution in [0, 0.1) is 0 Å². The second-order valence-corrected chi connectivity index (χ2v) is 10.0. The van der Waals surface area contributed by atoms with E-state index in [9.17, 15) is 22.4 Å². The SMILES string of the molecule is C=C[Si](C=C)(C=C)c1cccc(CCCCN(C)C(=O)C(F)C(F)(F)F)c1. The van der Waals surface area contributed by atoms with Crippen LogP contribution in [-0.2, 0) is 11.2 Å². The van der Waals surface area contributed by atoms with E-state index in [1.165, 1.54) is 7.05 Å². The molecule has 0 bridgehead atoms. The quantitative estimate of drug-likeness (QED) is 0.328. The molecule has 0 spiro atoms. The Bertz CT molecular complexity index is 665. The van der Waals surface area contributed by atoms with E-state index in [2.05, 4.69) is 25.8 Å². The lowest BCUT2D eigenvalue weighted by molar-refractivity contribution is -0.192. The summed E-state index contributed by atoms with van der Waals surface area (Å²) in [5, 5.41) is 1.11. The number of carbonyl (C=O) groups excluding carboxylic acids is 1. The molecule has 0 aliphatic rings. The number of hydrogen-bond donors (Lipinski definition) is 0.